The van der Waals surface area contributed by atoms with Gasteiger partial charge in [0.15, 0.2) is 5.78 Å². The van der Waals surface area contributed by atoms with Crippen molar-refractivity contribution in [2.75, 3.05) is 20.3 Å². The summed E-state index contributed by atoms with van der Waals surface area (Å²) in [6.45, 7) is 5.54. The Hall–Kier alpha value is -1.19. The molecular formula is C15H21NO2. The standard InChI is InChI=1S/C15H21NO2/c1-11-4-6-13(7-5-11)15(17)12(2)16(3)14-8-9-18-10-14/h4-7,12,14H,8-10H2,1-3H3. The highest BCUT2D eigenvalue weighted by molar-refractivity contribution is 5.99. The number of likely N-dealkylation sites (N-methyl/N-ethyl adjacent to an activating group) is 1. The summed E-state index contributed by atoms with van der Waals surface area (Å²) in [6, 6.07) is 8.06. The van der Waals surface area contributed by atoms with Gasteiger partial charge in [0.1, 0.15) is 0 Å². The molecule has 98 valence electrons. The van der Waals surface area contributed by atoms with E-state index in [1.807, 2.05) is 45.2 Å². The second kappa shape index (κ2) is 5.63. The topological polar surface area (TPSA) is 29.5 Å². The van der Waals surface area contributed by atoms with Crippen LogP contribution >= 0.6 is 0 Å². The lowest BCUT2D eigenvalue weighted by Crippen LogP contribution is -2.43. The van der Waals surface area contributed by atoms with Crippen molar-refractivity contribution in [3.8, 4) is 0 Å². The van der Waals surface area contributed by atoms with Crippen molar-refractivity contribution in [1.82, 2.24) is 4.90 Å². The molecule has 1 saturated heterocycles. The SMILES string of the molecule is Cc1ccc(C(=O)C(C)N(C)C2CCOC2)cc1. The zero-order valence-electron chi connectivity index (χ0n) is 11.3. The summed E-state index contributed by atoms with van der Waals surface area (Å²) in [7, 11) is 2.01. The lowest BCUT2D eigenvalue weighted by atomic mass is 10.0. The van der Waals surface area contributed by atoms with Gasteiger partial charge in [0.25, 0.3) is 0 Å². The van der Waals surface area contributed by atoms with Crippen molar-refractivity contribution in [2.45, 2.75) is 32.4 Å². The molecule has 1 fully saturated rings. The number of aryl methyl sites for hydroxylation is 1. The third-order valence-electron chi connectivity index (χ3n) is 3.81. The summed E-state index contributed by atoms with van der Waals surface area (Å²) < 4.78 is 5.38. The van der Waals surface area contributed by atoms with Crippen molar-refractivity contribution in [1.29, 1.82) is 0 Å². The average Bonchev–Trinajstić information content (AvgIpc) is 2.91. The molecule has 0 spiro atoms. The molecule has 3 heteroatoms. The summed E-state index contributed by atoms with van der Waals surface area (Å²) in [5.41, 5.74) is 1.97. The lowest BCUT2D eigenvalue weighted by molar-refractivity contribution is 0.0795. The third-order valence-corrected chi connectivity index (χ3v) is 3.81. The van der Waals surface area contributed by atoms with Crippen molar-refractivity contribution in [3.63, 3.8) is 0 Å². The van der Waals surface area contributed by atoms with Gasteiger partial charge in [-0.3, -0.25) is 9.69 Å². The second-order valence-corrected chi connectivity index (χ2v) is 5.09. The first kappa shape index (κ1) is 13.2. The number of carbonyl (C=O) groups excluding carboxylic acids is 1. The predicted octanol–water partition coefficient (Wildman–Crippen LogP) is 2.29. The Labute approximate surface area is 109 Å². The molecule has 1 heterocycles. The molecule has 1 aromatic carbocycles. The van der Waals surface area contributed by atoms with Crippen LogP contribution in [0.1, 0.15) is 29.3 Å². The van der Waals surface area contributed by atoms with Gasteiger partial charge < -0.3 is 4.74 Å². The van der Waals surface area contributed by atoms with Crippen molar-refractivity contribution in [2.24, 2.45) is 0 Å². The monoisotopic (exact) mass is 247 g/mol. The van der Waals surface area contributed by atoms with E-state index in [-0.39, 0.29) is 11.8 Å². The van der Waals surface area contributed by atoms with E-state index in [4.69, 9.17) is 4.74 Å². The smallest absolute Gasteiger partial charge is 0.179 e. The predicted molar refractivity (Wildman–Crippen MR) is 72.0 cm³/mol. The van der Waals surface area contributed by atoms with E-state index in [0.717, 1.165) is 25.2 Å². The van der Waals surface area contributed by atoms with Gasteiger partial charge in [-0.2, -0.15) is 0 Å². The van der Waals surface area contributed by atoms with Crippen LogP contribution in [0.2, 0.25) is 0 Å². The van der Waals surface area contributed by atoms with Crippen molar-refractivity contribution in [3.05, 3.63) is 35.4 Å². The number of hydrogen-bond donors (Lipinski definition) is 0. The molecule has 0 N–H and O–H groups in total. The van der Waals surface area contributed by atoms with E-state index < -0.39 is 0 Å². The van der Waals surface area contributed by atoms with Gasteiger partial charge in [0, 0.05) is 18.2 Å². The molecule has 2 unspecified atom stereocenters. The zero-order chi connectivity index (χ0) is 13.1. The summed E-state index contributed by atoms with van der Waals surface area (Å²) in [5.74, 6) is 0.185. The molecule has 1 aliphatic heterocycles. The van der Waals surface area contributed by atoms with Gasteiger partial charge >= 0.3 is 0 Å². The minimum atomic E-state index is -0.0978. The molecule has 1 aliphatic rings. The van der Waals surface area contributed by atoms with E-state index in [0.29, 0.717) is 6.04 Å². The summed E-state index contributed by atoms with van der Waals surface area (Å²) in [4.78, 5) is 14.5. The van der Waals surface area contributed by atoms with Gasteiger partial charge in [0.05, 0.1) is 12.6 Å². The van der Waals surface area contributed by atoms with Crippen molar-refractivity contribution >= 4 is 5.78 Å². The highest BCUT2D eigenvalue weighted by atomic mass is 16.5. The first-order chi connectivity index (χ1) is 8.59. The molecule has 0 radical (unpaired) electrons. The maximum absolute atomic E-state index is 12.4. The zero-order valence-corrected chi connectivity index (χ0v) is 11.3. The largest absolute Gasteiger partial charge is 0.380 e. The molecule has 1 aromatic rings. The Balaban J connectivity index is 2.05. The Bertz CT molecular complexity index is 407. The Kier molecular flexibility index (Phi) is 4.15. The fraction of sp³-hybridized carbons (Fsp3) is 0.533. The van der Waals surface area contributed by atoms with Gasteiger partial charge in [-0.15, -0.1) is 0 Å². The molecular weight excluding hydrogens is 226 g/mol. The van der Waals surface area contributed by atoms with Crippen LogP contribution in [0.3, 0.4) is 0 Å². The van der Waals surface area contributed by atoms with Gasteiger partial charge in [-0.05, 0) is 27.3 Å². The quantitative estimate of drug-likeness (QED) is 0.765. The number of hydrogen-bond acceptors (Lipinski definition) is 3. The van der Waals surface area contributed by atoms with Crippen LogP contribution in [-0.4, -0.2) is 43.0 Å². The van der Waals surface area contributed by atoms with Gasteiger partial charge in [-0.1, -0.05) is 29.8 Å². The van der Waals surface area contributed by atoms with Crippen LogP contribution in [0.4, 0.5) is 0 Å². The van der Waals surface area contributed by atoms with E-state index in [2.05, 4.69) is 4.90 Å². The van der Waals surface area contributed by atoms with Gasteiger partial charge in [0.2, 0.25) is 0 Å². The number of ketones is 1. The van der Waals surface area contributed by atoms with Crippen LogP contribution in [0, 0.1) is 6.92 Å². The molecule has 0 aliphatic carbocycles. The summed E-state index contributed by atoms with van der Waals surface area (Å²) in [6.07, 6.45) is 1.02. The molecule has 0 amide bonds. The highest BCUT2D eigenvalue weighted by Gasteiger charge is 2.28. The average molecular weight is 247 g/mol. The summed E-state index contributed by atoms with van der Waals surface area (Å²) in [5, 5.41) is 0. The fourth-order valence-corrected chi connectivity index (χ4v) is 2.30. The third kappa shape index (κ3) is 2.79. The van der Waals surface area contributed by atoms with Crippen LogP contribution in [0.5, 0.6) is 0 Å². The molecule has 0 saturated carbocycles. The minimum absolute atomic E-state index is 0.0978. The maximum Gasteiger partial charge on any atom is 0.179 e. The number of Topliss-reactive ketones (excluding diaryl/α,β-unsaturated/α-hetero) is 1. The fourth-order valence-electron chi connectivity index (χ4n) is 2.30. The van der Waals surface area contributed by atoms with E-state index >= 15 is 0 Å². The first-order valence-corrected chi connectivity index (χ1v) is 6.50. The minimum Gasteiger partial charge on any atom is -0.380 e. The van der Waals surface area contributed by atoms with Gasteiger partial charge in [-0.25, -0.2) is 0 Å². The Morgan fingerprint density at radius 1 is 1.39 bits per heavy atom. The molecule has 2 rings (SSSR count). The number of nitrogens with zero attached hydrogens (tertiary/aromatic N) is 1. The van der Waals surface area contributed by atoms with Crippen LogP contribution < -0.4 is 0 Å². The summed E-state index contributed by atoms with van der Waals surface area (Å²) >= 11 is 0. The van der Waals surface area contributed by atoms with Crippen LogP contribution in [-0.2, 0) is 4.74 Å². The second-order valence-electron chi connectivity index (χ2n) is 5.09. The Morgan fingerprint density at radius 2 is 2.06 bits per heavy atom. The maximum atomic E-state index is 12.4. The number of carbonyl (C=O) groups is 1. The van der Waals surface area contributed by atoms with Crippen LogP contribution in [0.15, 0.2) is 24.3 Å². The Morgan fingerprint density at radius 3 is 2.61 bits per heavy atom. The van der Waals surface area contributed by atoms with Crippen molar-refractivity contribution < 1.29 is 9.53 Å². The molecule has 2 atom stereocenters. The molecule has 18 heavy (non-hydrogen) atoms. The highest BCUT2D eigenvalue weighted by Crippen LogP contribution is 2.16. The van der Waals surface area contributed by atoms with E-state index in [1.54, 1.807) is 0 Å². The number of benzene rings is 1. The number of rotatable bonds is 4. The molecule has 3 nitrogen and oxygen atoms in total. The van der Waals surface area contributed by atoms with Crippen LogP contribution in [0.25, 0.3) is 0 Å². The van der Waals surface area contributed by atoms with E-state index in [1.165, 1.54) is 5.56 Å². The normalized spacial score (nSPS) is 21.2. The number of ether oxygens (including phenoxy) is 1. The first-order valence-electron chi connectivity index (χ1n) is 6.50. The van der Waals surface area contributed by atoms with E-state index in [9.17, 15) is 4.79 Å². The molecule has 0 bridgehead atoms. The molecule has 0 aromatic heterocycles. The lowest BCUT2D eigenvalue weighted by Gasteiger charge is -2.28.